The Labute approximate surface area is 154 Å². The van der Waals surface area contributed by atoms with Crippen LogP contribution in [0.15, 0.2) is 24.3 Å². The van der Waals surface area contributed by atoms with Gasteiger partial charge in [-0.25, -0.2) is 0 Å². The number of hydrogen-bond acceptors (Lipinski definition) is 3. The summed E-state index contributed by atoms with van der Waals surface area (Å²) in [6, 6.07) is 7.61. The molecule has 0 N–H and O–H groups in total. The van der Waals surface area contributed by atoms with Crippen molar-refractivity contribution in [3.8, 4) is 0 Å². The van der Waals surface area contributed by atoms with Gasteiger partial charge in [-0.3, -0.25) is 14.4 Å². The largest absolute Gasteiger partial charge is 0.339 e. The summed E-state index contributed by atoms with van der Waals surface area (Å²) in [5.41, 5.74) is 1.76. The van der Waals surface area contributed by atoms with Crippen molar-refractivity contribution in [3.05, 3.63) is 35.4 Å². The second kappa shape index (κ2) is 8.34. The fraction of sp³-hybridized carbons (Fsp3) is 0.550. The molecule has 0 saturated carbocycles. The highest BCUT2D eigenvalue weighted by molar-refractivity contribution is 5.94. The van der Waals surface area contributed by atoms with Crippen LogP contribution < -0.4 is 0 Å². The summed E-state index contributed by atoms with van der Waals surface area (Å²) in [5, 5.41) is 0. The Bertz CT molecular complexity index is 689. The van der Waals surface area contributed by atoms with E-state index in [1.165, 1.54) is 0 Å². The van der Waals surface area contributed by atoms with Gasteiger partial charge in [-0.05, 0) is 38.3 Å². The van der Waals surface area contributed by atoms with E-state index in [-0.39, 0.29) is 24.3 Å². The maximum absolute atomic E-state index is 12.7. The van der Waals surface area contributed by atoms with Crippen LogP contribution in [0.3, 0.4) is 0 Å². The first-order valence-electron chi connectivity index (χ1n) is 9.46. The van der Waals surface area contributed by atoms with Gasteiger partial charge in [0.2, 0.25) is 11.8 Å². The normalized spacial score (nSPS) is 18.7. The van der Waals surface area contributed by atoms with E-state index in [0.717, 1.165) is 24.8 Å². The maximum atomic E-state index is 12.7. The van der Waals surface area contributed by atoms with Crippen LogP contribution in [0.1, 0.15) is 41.6 Å². The number of nitrogens with zero attached hydrogens (tertiary/aromatic N) is 3. The number of carbonyl (C=O) groups excluding carboxylic acids is 3. The SMILES string of the molecule is Cc1cccc(C(=O)N2CCCN(C(=O)CN3CCCCC3=O)CC2)c1. The van der Waals surface area contributed by atoms with Gasteiger partial charge in [0.05, 0.1) is 6.54 Å². The molecule has 0 aliphatic carbocycles. The first-order chi connectivity index (χ1) is 12.5. The molecule has 2 heterocycles. The first-order valence-corrected chi connectivity index (χ1v) is 9.46. The van der Waals surface area contributed by atoms with Crippen LogP contribution in [0.25, 0.3) is 0 Å². The van der Waals surface area contributed by atoms with E-state index in [9.17, 15) is 14.4 Å². The summed E-state index contributed by atoms with van der Waals surface area (Å²) < 4.78 is 0. The van der Waals surface area contributed by atoms with Gasteiger partial charge < -0.3 is 14.7 Å². The number of benzene rings is 1. The van der Waals surface area contributed by atoms with Gasteiger partial charge in [0.25, 0.3) is 5.91 Å². The number of carbonyl (C=O) groups is 3. The van der Waals surface area contributed by atoms with Gasteiger partial charge in [0.1, 0.15) is 0 Å². The third-order valence-corrected chi connectivity index (χ3v) is 5.15. The molecular formula is C20H27N3O3. The summed E-state index contributed by atoms with van der Waals surface area (Å²) in [6.45, 7) is 5.17. The molecule has 0 radical (unpaired) electrons. The predicted octanol–water partition coefficient (Wildman–Crippen LogP) is 1.68. The molecule has 1 aromatic rings. The molecule has 2 fully saturated rings. The van der Waals surface area contributed by atoms with Crippen LogP contribution >= 0.6 is 0 Å². The lowest BCUT2D eigenvalue weighted by atomic mass is 10.1. The highest BCUT2D eigenvalue weighted by Gasteiger charge is 2.26. The van der Waals surface area contributed by atoms with Crippen molar-refractivity contribution >= 4 is 17.7 Å². The minimum Gasteiger partial charge on any atom is -0.339 e. The zero-order chi connectivity index (χ0) is 18.5. The predicted molar refractivity (Wildman–Crippen MR) is 98.7 cm³/mol. The molecular weight excluding hydrogens is 330 g/mol. The van der Waals surface area contributed by atoms with Crippen molar-refractivity contribution < 1.29 is 14.4 Å². The molecule has 2 aliphatic rings. The number of aryl methyl sites for hydroxylation is 1. The van der Waals surface area contributed by atoms with Crippen molar-refractivity contribution in [1.29, 1.82) is 0 Å². The van der Waals surface area contributed by atoms with Crippen molar-refractivity contribution in [1.82, 2.24) is 14.7 Å². The molecule has 3 rings (SSSR count). The van der Waals surface area contributed by atoms with E-state index in [1.807, 2.05) is 36.1 Å². The Hall–Kier alpha value is -2.37. The second-order valence-corrected chi connectivity index (χ2v) is 7.17. The van der Waals surface area contributed by atoms with Crippen LogP contribution in [0.5, 0.6) is 0 Å². The fourth-order valence-corrected chi connectivity index (χ4v) is 3.62. The summed E-state index contributed by atoms with van der Waals surface area (Å²) in [6.07, 6.45) is 3.20. The zero-order valence-corrected chi connectivity index (χ0v) is 15.4. The van der Waals surface area contributed by atoms with Crippen molar-refractivity contribution in [2.45, 2.75) is 32.6 Å². The van der Waals surface area contributed by atoms with E-state index in [1.54, 1.807) is 9.80 Å². The standard InChI is InChI=1S/C20H27N3O3/c1-16-6-4-7-17(14-16)20(26)22-11-5-10-21(12-13-22)19(25)15-23-9-3-2-8-18(23)24/h4,6-7,14H,2-3,5,8-13,15H2,1H3. The molecule has 0 spiro atoms. The van der Waals surface area contributed by atoms with Crippen LogP contribution in [-0.2, 0) is 9.59 Å². The van der Waals surface area contributed by atoms with E-state index in [4.69, 9.17) is 0 Å². The molecule has 0 bridgehead atoms. The molecule has 6 nitrogen and oxygen atoms in total. The van der Waals surface area contributed by atoms with Crippen molar-refractivity contribution in [2.24, 2.45) is 0 Å². The fourth-order valence-electron chi connectivity index (χ4n) is 3.62. The molecule has 6 heteroatoms. The number of piperidine rings is 1. The van der Waals surface area contributed by atoms with Crippen LogP contribution in [0.4, 0.5) is 0 Å². The summed E-state index contributed by atoms with van der Waals surface area (Å²) in [5.74, 6) is 0.0926. The Balaban J connectivity index is 1.56. The summed E-state index contributed by atoms with van der Waals surface area (Å²) in [7, 11) is 0. The van der Waals surface area contributed by atoms with Crippen LogP contribution in [0, 0.1) is 6.92 Å². The lowest BCUT2D eigenvalue weighted by molar-refractivity contribution is -0.141. The maximum Gasteiger partial charge on any atom is 0.253 e. The van der Waals surface area contributed by atoms with Gasteiger partial charge in [-0.15, -0.1) is 0 Å². The van der Waals surface area contributed by atoms with Crippen molar-refractivity contribution in [3.63, 3.8) is 0 Å². The molecule has 0 atom stereocenters. The lowest BCUT2D eigenvalue weighted by Crippen LogP contribution is -2.45. The number of hydrogen-bond donors (Lipinski definition) is 0. The van der Waals surface area contributed by atoms with E-state index >= 15 is 0 Å². The minimum absolute atomic E-state index is 0.00916. The molecule has 0 aromatic heterocycles. The minimum atomic E-state index is -0.00916. The smallest absolute Gasteiger partial charge is 0.253 e. The Kier molecular flexibility index (Phi) is 5.91. The number of amides is 3. The molecule has 26 heavy (non-hydrogen) atoms. The average molecular weight is 357 g/mol. The zero-order valence-electron chi connectivity index (χ0n) is 15.4. The highest BCUT2D eigenvalue weighted by Crippen LogP contribution is 2.13. The molecule has 2 aliphatic heterocycles. The number of rotatable bonds is 3. The van der Waals surface area contributed by atoms with Gasteiger partial charge in [0.15, 0.2) is 0 Å². The average Bonchev–Trinajstić information content (AvgIpc) is 2.89. The third kappa shape index (κ3) is 4.42. The Morgan fingerprint density at radius 2 is 1.73 bits per heavy atom. The third-order valence-electron chi connectivity index (χ3n) is 5.15. The van der Waals surface area contributed by atoms with Gasteiger partial charge in [0, 0.05) is 44.7 Å². The quantitative estimate of drug-likeness (QED) is 0.827. The Morgan fingerprint density at radius 3 is 2.50 bits per heavy atom. The molecule has 2 saturated heterocycles. The summed E-state index contributed by atoms with van der Waals surface area (Å²) in [4.78, 5) is 42.5. The second-order valence-electron chi connectivity index (χ2n) is 7.17. The van der Waals surface area contributed by atoms with Crippen molar-refractivity contribution in [2.75, 3.05) is 39.3 Å². The molecule has 0 unspecified atom stereocenters. The molecule has 140 valence electrons. The monoisotopic (exact) mass is 357 g/mol. The molecule has 3 amide bonds. The van der Waals surface area contributed by atoms with Crippen LogP contribution in [0.2, 0.25) is 0 Å². The van der Waals surface area contributed by atoms with Gasteiger partial charge in [-0.1, -0.05) is 17.7 Å². The first kappa shape index (κ1) is 18.4. The Morgan fingerprint density at radius 1 is 0.962 bits per heavy atom. The van der Waals surface area contributed by atoms with Crippen LogP contribution in [-0.4, -0.2) is 71.7 Å². The van der Waals surface area contributed by atoms with E-state index in [2.05, 4.69) is 0 Å². The van der Waals surface area contributed by atoms with Gasteiger partial charge in [-0.2, -0.15) is 0 Å². The van der Waals surface area contributed by atoms with E-state index < -0.39 is 0 Å². The van der Waals surface area contributed by atoms with E-state index in [0.29, 0.717) is 44.7 Å². The topological polar surface area (TPSA) is 60.9 Å². The lowest BCUT2D eigenvalue weighted by Gasteiger charge is -2.29. The molecule has 1 aromatic carbocycles. The highest BCUT2D eigenvalue weighted by atomic mass is 16.2. The van der Waals surface area contributed by atoms with Gasteiger partial charge >= 0.3 is 0 Å². The summed E-state index contributed by atoms with van der Waals surface area (Å²) >= 11 is 0. The number of likely N-dealkylation sites (tertiary alicyclic amines) is 1.